The van der Waals surface area contributed by atoms with Gasteiger partial charge in [-0.3, -0.25) is 4.98 Å². The fourth-order valence-corrected chi connectivity index (χ4v) is 5.05. The predicted molar refractivity (Wildman–Crippen MR) is 113 cm³/mol. The smallest absolute Gasteiger partial charge is 0.0299 e. The molecule has 0 amide bonds. The van der Waals surface area contributed by atoms with Gasteiger partial charge in [-0.05, 0) is 99.2 Å². The maximum atomic E-state index is 4.21. The van der Waals surface area contributed by atoms with Crippen LogP contribution in [0.15, 0.2) is 60.9 Å². The number of benzene rings is 1. The first-order valence-corrected chi connectivity index (χ1v) is 10.6. The van der Waals surface area contributed by atoms with Gasteiger partial charge in [0.05, 0.1) is 0 Å². The number of allylic oxidation sites excluding steroid dienone is 2. The molecule has 3 atom stereocenters. The summed E-state index contributed by atoms with van der Waals surface area (Å²) in [6.45, 7) is 2.41. The van der Waals surface area contributed by atoms with Gasteiger partial charge in [0.1, 0.15) is 0 Å². The average molecular weight is 361 g/mol. The quantitative estimate of drug-likeness (QED) is 0.621. The zero-order chi connectivity index (χ0) is 18.5. The van der Waals surface area contributed by atoms with Gasteiger partial charge in [-0.15, -0.1) is 0 Å². The van der Waals surface area contributed by atoms with E-state index in [4.69, 9.17) is 0 Å². The van der Waals surface area contributed by atoms with Crippen LogP contribution < -0.4 is 0 Å². The zero-order valence-corrected chi connectivity index (χ0v) is 16.6. The van der Waals surface area contributed by atoms with E-state index in [9.17, 15) is 0 Å². The van der Waals surface area contributed by atoms with Gasteiger partial charge in [-0.25, -0.2) is 0 Å². The van der Waals surface area contributed by atoms with Crippen molar-refractivity contribution in [2.45, 2.75) is 38.5 Å². The molecule has 2 aromatic rings. The van der Waals surface area contributed by atoms with Gasteiger partial charge in [0.15, 0.2) is 0 Å². The minimum absolute atomic E-state index is 0.790. The summed E-state index contributed by atoms with van der Waals surface area (Å²) in [7, 11) is 2.29. The summed E-state index contributed by atoms with van der Waals surface area (Å²) in [4.78, 5) is 6.74. The first-order chi connectivity index (χ1) is 13.3. The molecule has 1 heterocycles. The molecule has 27 heavy (non-hydrogen) atoms. The van der Waals surface area contributed by atoms with Crippen LogP contribution >= 0.6 is 0 Å². The molecule has 142 valence electrons. The number of hydrogen-bond donors (Lipinski definition) is 0. The van der Waals surface area contributed by atoms with Crippen molar-refractivity contribution in [1.29, 1.82) is 0 Å². The molecule has 1 aromatic carbocycles. The van der Waals surface area contributed by atoms with Crippen LogP contribution in [-0.2, 0) is 6.42 Å². The summed E-state index contributed by atoms with van der Waals surface area (Å²) in [6, 6.07) is 15.3. The first kappa shape index (κ1) is 18.4. The third-order valence-electron chi connectivity index (χ3n) is 6.59. The number of hydrogen-bond acceptors (Lipinski definition) is 2. The Morgan fingerprint density at radius 2 is 1.93 bits per heavy atom. The molecule has 0 aliphatic heterocycles. The summed E-state index contributed by atoms with van der Waals surface area (Å²) in [5.74, 6) is 2.48. The van der Waals surface area contributed by atoms with Gasteiger partial charge < -0.3 is 4.90 Å². The number of aryl methyl sites for hydroxylation is 1. The molecule has 0 spiro atoms. The fourth-order valence-electron chi connectivity index (χ4n) is 5.05. The molecule has 0 unspecified atom stereocenters. The molecule has 0 saturated heterocycles. The molecular formula is C25H32N2. The van der Waals surface area contributed by atoms with Gasteiger partial charge in [0, 0.05) is 12.4 Å². The Kier molecular flexibility index (Phi) is 6.03. The highest BCUT2D eigenvalue weighted by Crippen LogP contribution is 2.48. The van der Waals surface area contributed by atoms with Crippen molar-refractivity contribution < 1.29 is 0 Å². The van der Waals surface area contributed by atoms with Gasteiger partial charge >= 0.3 is 0 Å². The molecule has 1 aromatic heterocycles. The topological polar surface area (TPSA) is 16.1 Å². The molecule has 1 fully saturated rings. The normalized spacial score (nSPS) is 24.2. The van der Waals surface area contributed by atoms with Crippen molar-refractivity contribution in [3.63, 3.8) is 0 Å². The standard InChI is InChI=1S/C25H32N2/c1-27(15-6-8-20-7-5-14-26-19-20)16-13-23-17-24-12-11-22(23)18-25(24)21-9-3-2-4-10-21/h2-5,7,9-10,14,18-19,22-24H,6,8,11-13,15-17H2,1H3/t22-,23-,24+/m1/s1. The van der Waals surface area contributed by atoms with Crippen molar-refractivity contribution >= 4 is 5.57 Å². The van der Waals surface area contributed by atoms with Crippen LogP contribution in [0.1, 0.15) is 43.2 Å². The minimum Gasteiger partial charge on any atom is -0.306 e. The SMILES string of the molecule is CN(CCCc1cccnc1)CC[C@@H]1C[C@@H]2CC[C@@H]1C=C2c1ccccc1. The molecular weight excluding hydrogens is 328 g/mol. The highest BCUT2D eigenvalue weighted by Gasteiger charge is 2.36. The van der Waals surface area contributed by atoms with E-state index in [2.05, 4.69) is 59.4 Å². The molecule has 2 nitrogen and oxygen atoms in total. The Labute approximate surface area is 164 Å². The van der Waals surface area contributed by atoms with E-state index in [0.29, 0.717) is 0 Å². The Hall–Kier alpha value is -1.93. The lowest BCUT2D eigenvalue weighted by atomic mass is 9.63. The van der Waals surface area contributed by atoms with Crippen LogP contribution in [0.25, 0.3) is 5.57 Å². The summed E-state index contributed by atoms with van der Waals surface area (Å²) in [5, 5.41) is 0. The Bertz CT molecular complexity index is 737. The molecule has 2 bridgehead atoms. The number of pyridine rings is 1. The van der Waals surface area contributed by atoms with E-state index in [1.54, 1.807) is 5.57 Å². The van der Waals surface area contributed by atoms with Crippen LogP contribution in [0.4, 0.5) is 0 Å². The zero-order valence-electron chi connectivity index (χ0n) is 16.6. The van der Waals surface area contributed by atoms with Crippen LogP contribution in [0, 0.1) is 17.8 Å². The van der Waals surface area contributed by atoms with Crippen molar-refractivity contribution in [1.82, 2.24) is 9.88 Å². The summed E-state index contributed by atoms with van der Waals surface area (Å²) >= 11 is 0. The van der Waals surface area contributed by atoms with Gasteiger partial charge in [-0.1, -0.05) is 42.5 Å². The number of fused-ring (bicyclic) bond motifs is 2. The molecule has 2 heteroatoms. The third kappa shape index (κ3) is 4.68. The van der Waals surface area contributed by atoms with Gasteiger partial charge in [-0.2, -0.15) is 0 Å². The van der Waals surface area contributed by atoms with E-state index in [-0.39, 0.29) is 0 Å². The van der Waals surface area contributed by atoms with Crippen LogP contribution in [0.3, 0.4) is 0 Å². The van der Waals surface area contributed by atoms with E-state index in [0.717, 1.165) is 24.2 Å². The predicted octanol–water partition coefficient (Wildman–Crippen LogP) is 5.47. The largest absolute Gasteiger partial charge is 0.306 e. The van der Waals surface area contributed by atoms with E-state index in [1.807, 2.05) is 18.5 Å². The minimum atomic E-state index is 0.790. The van der Waals surface area contributed by atoms with Crippen molar-refractivity contribution in [3.05, 3.63) is 72.1 Å². The van der Waals surface area contributed by atoms with Crippen molar-refractivity contribution in [3.8, 4) is 0 Å². The number of rotatable bonds is 8. The lowest BCUT2D eigenvalue weighted by molar-refractivity contribution is 0.191. The maximum Gasteiger partial charge on any atom is 0.0299 e. The molecule has 5 rings (SSSR count). The Morgan fingerprint density at radius 3 is 2.67 bits per heavy atom. The maximum absolute atomic E-state index is 4.21. The molecule has 3 aliphatic carbocycles. The van der Waals surface area contributed by atoms with E-state index >= 15 is 0 Å². The molecule has 0 N–H and O–H groups in total. The van der Waals surface area contributed by atoms with Crippen LogP contribution in [-0.4, -0.2) is 30.0 Å². The lowest BCUT2D eigenvalue weighted by Gasteiger charge is -2.42. The summed E-state index contributed by atoms with van der Waals surface area (Å²) in [5.41, 5.74) is 4.44. The Morgan fingerprint density at radius 1 is 1.04 bits per heavy atom. The van der Waals surface area contributed by atoms with Gasteiger partial charge in [0.25, 0.3) is 0 Å². The first-order valence-electron chi connectivity index (χ1n) is 10.6. The Balaban J connectivity index is 1.24. The summed E-state index contributed by atoms with van der Waals surface area (Å²) in [6.07, 6.45) is 14.4. The second-order valence-electron chi connectivity index (χ2n) is 8.48. The van der Waals surface area contributed by atoms with Crippen molar-refractivity contribution in [2.24, 2.45) is 17.8 Å². The monoisotopic (exact) mass is 360 g/mol. The average Bonchev–Trinajstić information content (AvgIpc) is 2.74. The third-order valence-corrected chi connectivity index (χ3v) is 6.59. The van der Waals surface area contributed by atoms with Gasteiger partial charge in [0.2, 0.25) is 0 Å². The lowest BCUT2D eigenvalue weighted by Crippen LogP contribution is -2.32. The highest BCUT2D eigenvalue weighted by atomic mass is 15.1. The second-order valence-corrected chi connectivity index (χ2v) is 8.48. The van der Waals surface area contributed by atoms with E-state index < -0.39 is 0 Å². The fraction of sp³-hybridized carbons (Fsp3) is 0.480. The highest BCUT2D eigenvalue weighted by molar-refractivity contribution is 5.69. The second kappa shape index (κ2) is 8.84. The van der Waals surface area contributed by atoms with Crippen LogP contribution in [0.2, 0.25) is 0 Å². The van der Waals surface area contributed by atoms with Crippen molar-refractivity contribution in [2.75, 3.05) is 20.1 Å². The van der Waals surface area contributed by atoms with Crippen LogP contribution in [0.5, 0.6) is 0 Å². The number of nitrogens with zero attached hydrogens (tertiary/aromatic N) is 2. The molecule has 1 saturated carbocycles. The summed E-state index contributed by atoms with van der Waals surface area (Å²) < 4.78 is 0. The molecule has 3 aliphatic rings. The number of aromatic nitrogens is 1. The molecule has 0 radical (unpaired) electrons. The van der Waals surface area contributed by atoms with E-state index in [1.165, 1.54) is 56.3 Å².